The number of carbonyl (C=O) groups is 1. The van der Waals surface area contributed by atoms with Crippen molar-refractivity contribution in [2.75, 3.05) is 19.7 Å². The Kier molecular flexibility index (Phi) is 4.60. The van der Waals surface area contributed by atoms with Gasteiger partial charge in [0.25, 0.3) is 0 Å². The summed E-state index contributed by atoms with van der Waals surface area (Å²) in [7, 11) is 0. The maximum absolute atomic E-state index is 11.8. The van der Waals surface area contributed by atoms with Crippen LogP contribution in [0.3, 0.4) is 0 Å². The molecule has 0 saturated carbocycles. The summed E-state index contributed by atoms with van der Waals surface area (Å²) >= 11 is 3.40. The minimum Gasteiger partial charge on any atom is -0.492 e. The van der Waals surface area contributed by atoms with Crippen LogP contribution in [-0.4, -0.2) is 36.5 Å². The molecule has 1 heterocycles. The van der Waals surface area contributed by atoms with Crippen molar-refractivity contribution in [2.24, 2.45) is 5.73 Å². The molecule has 1 aromatic rings. The number of likely N-dealkylation sites (tertiary alicyclic amines) is 1. The molecule has 0 spiro atoms. The third-order valence-electron chi connectivity index (χ3n) is 2.99. The number of para-hydroxylation sites is 1. The Morgan fingerprint density at radius 3 is 2.94 bits per heavy atom. The quantitative estimate of drug-likeness (QED) is 0.922. The summed E-state index contributed by atoms with van der Waals surface area (Å²) in [5, 5.41) is 0. The van der Waals surface area contributed by atoms with Crippen molar-refractivity contribution in [1.29, 1.82) is 0 Å². The van der Waals surface area contributed by atoms with Crippen LogP contribution in [0.5, 0.6) is 5.75 Å². The number of benzene rings is 1. The Bertz CT molecular complexity index is 425. The smallest absolute Gasteiger partial charge is 0.226 e. The molecule has 0 bridgehead atoms. The Labute approximate surface area is 115 Å². The van der Waals surface area contributed by atoms with Gasteiger partial charge in [-0.1, -0.05) is 12.1 Å². The summed E-state index contributed by atoms with van der Waals surface area (Å²) < 4.78 is 6.47. The van der Waals surface area contributed by atoms with Crippen molar-refractivity contribution in [3.8, 4) is 5.75 Å². The monoisotopic (exact) mass is 312 g/mol. The summed E-state index contributed by atoms with van der Waals surface area (Å²) in [4.78, 5) is 13.7. The number of hydrogen-bond donors (Lipinski definition) is 1. The van der Waals surface area contributed by atoms with Gasteiger partial charge in [0.05, 0.1) is 17.5 Å². The minimum absolute atomic E-state index is 0.120. The second kappa shape index (κ2) is 6.20. The highest BCUT2D eigenvalue weighted by Crippen LogP contribution is 2.23. The van der Waals surface area contributed by atoms with E-state index in [4.69, 9.17) is 10.5 Å². The van der Waals surface area contributed by atoms with Gasteiger partial charge in [-0.15, -0.1) is 0 Å². The minimum atomic E-state index is 0.120. The lowest BCUT2D eigenvalue weighted by Gasteiger charge is -2.16. The zero-order valence-electron chi connectivity index (χ0n) is 10.1. The van der Waals surface area contributed by atoms with Crippen molar-refractivity contribution in [2.45, 2.75) is 18.9 Å². The van der Waals surface area contributed by atoms with Gasteiger partial charge in [0.15, 0.2) is 0 Å². The summed E-state index contributed by atoms with van der Waals surface area (Å²) in [6.45, 7) is 1.84. The van der Waals surface area contributed by atoms with Crippen LogP contribution in [-0.2, 0) is 4.79 Å². The van der Waals surface area contributed by atoms with Crippen molar-refractivity contribution in [3.63, 3.8) is 0 Å². The Hall–Kier alpha value is -1.07. The lowest BCUT2D eigenvalue weighted by molar-refractivity contribution is -0.130. The third kappa shape index (κ3) is 3.46. The molecule has 0 unspecified atom stereocenters. The van der Waals surface area contributed by atoms with Crippen molar-refractivity contribution in [3.05, 3.63) is 28.7 Å². The van der Waals surface area contributed by atoms with Crippen molar-refractivity contribution < 1.29 is 9.53 Å². The zero-order valence-corrected chi connectivity index (χ0v) is 11.7. The second-order valence-corrected chi connectivity index (χ2v) is 5.27. The molecule has 18 heavy (non-hydrogen) atoms. The van der Waals surface area contributed by atoms with Crippen LogP contribution >= 0.6 is 15.9 Å². The average molecular weight is 313 g/mol. The second-order valence-electron chi connectivity index (χ2n) is 4.42. The summed E-state index contributed by atoms with van der Waals surface area (Å²) in [6, 6.07) is 7.75. The highest BCUT2D eigenvalue weighted by atomic mass is 79.9. The predicted molar refractivity (Wildman–Crippen MR) is 73.4 cm³/mol. The van der Waals surface area contributed by atoms with Gasteiger partial charge in [0.1, 0.15) is 5.75 Å². The molecule has 0 radical (unpaired) electrons. The topological polar surface area (TPSA) is 55.6 Å². The van der Waals surface area contributed by atoms with Crippen LogP contribution in [0.2, 0.25) is 0 Å². The fourth-order valence-electron chi connectivity index (χ4n) is 1.98. The first-order valence-electron chi connectivity index (χ1n) is 6.07. The van der Waals surface area contributed by atoms with Gasteiger partial charge in [-0.2, -0.15) is 0 Å². The van der Waals surface area contributed by atoms with Gasteiger partial charge in [0, 0.05) is 19.1 Å². The molecule has 1 aliphatic rings. The van der Waals surface area contributed by atoms with Gasteiger partial charge < -0.3 is 15.4 Å². The van der Waals surface area contributed by atoms with Crippen LogP contribution in [0.4, 0.5) is 0 Å². The number of halogens is 1. The number of amides is 1. The van der Waals surface area contributed by atoms with Gasteiger partial charge in [0.2, 0.25) is 5.91 Å². The van der Waals surface area contributed by atoms with Gasteiger partial charge in [-0.05, 0) is 34.5 Å². The molecule has 0 aromatic heterocycles. The standard InChI is InChI=1S/C13H17BrN2O2/c14-11-3-1-2-4-12(11)18-8-6-13(17)16-7-5-10(15)9-16/h1-4,10H,5-9,15H2/t10-/m1/s1. The molecule has 1 atom stereocenters. The number of rotatable bonds is 4. The number of carbonyl (C=O) groups excluding carboxylic acids is 1. The summed E-state index contributed by atoms with van der Waals surface area (Å²) in [5.74, 6) is 0.887. The maximum atomic E-state index is 11.8. The Balaban J connectivity index is 1.75. The van der Waals surface area contributed by atoms with E-state index in [-0.39, 0.29) is 11.9 Å². The van der Waals surface area contributed by atoms with E-state index in [2.05, 4.69) is 15.9 Å². The molecule has 1 aliphatic heterocycles. The lowest BCUT2D eigenvalue weighted by Crippen LogP contribution is -2.32. The van der Waals surface area contributed by atoms with E-state index in [0.717, 1.165) is 23.2 Å². The maximum Gasteiger partial charge on any atom is 0.226 e. The first-order valence-corrected chi connectivity index (χ1v) is 6.87. The van der Waals surface area contributed by atoms with Crippen molar-refractivity contribution >= 4 is 21.8 Å². The molecule has 2 rings (SSSR count). The van der Waals surface area contributed by atoms with Gasteiger partial charge in [-0.3, -0.25) is 4.79 Å². The van der Waals surface area contributed by atoms with E-state index in [1.807, 2.05) is 29.2 Å². The Morgan fingerprint density at radius 1 is 1.50 bits per heavy atom. The third-order valence-corrected chi connectivity index (χ3v) is 3.64. The molecule has 2 N–H and O–H groups in total. The van der Waals surface area contributed by atoms with Crippen LogP contribution in [0.25, 0.3) is 0 Å². The largest absolute Gasteiger partial charge is 0.492 e. The van der Waals surface area contributed by atoms with E-state index in [1.54, 1.807) is 0 Å². The number of ether oxygens (including phenoxy) is 1. The molecule has 1 aromatic carbocycles. The number of hydrogen-bond acceptors (Lipinski definition) is 3. The van der Waals surface area contributed by atoms with Crippen LogP contribution in [0.1, 0.15) is 12.8 Å². The summed E-state index contributed by atoms with van der Waals surface area (Å²) in [5.41, 5.74) is 5.77. The molecule has 1 saturated heterocycles. The first-order chi connectivity index (χ1) is 8.66. The lowest BCUT2D eigenvalue weighted by atomic mass is 10.3. The average Bonchev–Trinajstić information content (AvgIpc) is 2.78. The molecule has 5 heteroatoms. The molecule has 98 valence electrons. The molecular weight excluding hydrogens is 296 g/mol. The zero-order chi connectivity index (χ0) is 13.0. The van der Waals surface area contributed by atoms with Crippen molar-refractivity contribution in [1.82, 2.24) is 4.90 Å². The highest BCUT2D eigenvalue weighted by Gasteiger charge is 2.23. The molecule has 4 nitrogen and oxygen atoms in total. The SMILES string of the molecule is N[C@@H]1CCN(C(=O)CCOc2ccccc2Br)C1. The van der Waals surface area contributed by atoms with Gasteiger partial charge in [-0.25, -0.2) is 0 Å². The van der Waals surface area contributed by atoms with E-state index < -0.39 is 0 Å². The fraction of sp³-hybridized carbons (Fsp3) is 0.462. The van der Waals surface area contributed by atoms with Crippen LogP contribution in [0, 0.1) is 0 Å². The predicted octanol–water partition coefficient (Wildman–Crippen LogP) is 1.78. The Morgan fingerprint density at radius 2 is 2.28 bits per heavy atom. The molecule has 0 aliphatic carbocycles. The fourth-order valence-corrected chi connectivity index (χ4v) is 2.38. The molecule has 1 amide bonds. The summed E-state index contributed by atoms with van der Waals surface area (Å²) in [6.07, 6.45) is 1.30. The van der Waals surface area contributed by atoms with Gasteiger partial charge >= 0.3 is 0 Å². The highest BCUT2D eigenvalue weighted by molar-refractivity contribution is 9.10. The molecular formula is C13H17BrN2O2. The molecule has 1 fully saturated rings. The van der Waals surface area contributed by atoms with E-state index >= 15 is 0 Å². The van der Waals surface area contributed by atoms with E-state index in [0.29, 0.717) is 19.6 Å². The number of nitrogens with zero attached hydrogens (tertiary/aromatic N) is 1. The van der Waals surface area contributed by atoms with E-state index in [1.165, 1.54) is 0 Å². The number of nitrogens with two attached hydrogens (primary N) is 1. The first kappa shape index (κ1) is 13.4. The van der Waals surface area contributed by atoms with E-state index in [9.17, 15) is 4.79 Å². The van der Waals surface area contributed by atoms with Crippen LogP contribution in [0.15, 0.2) is 28.7 Å². The normalized spacial score (nSPS) is 19.0. The van der Waals surface area contributed by atoms with Crippen LogP contribution < -0.4 is 10.5 Å².